The van der Waals surface area contributed by atoms with Crippen LogP contribution in [0.5, 0.6) is 0 Å². The number of ether oxygens (including phenoxy) is 1. The fraction of sp³-hybridized carbons (Fsp3) is 1.00. The molecule has 0 aromatic rings. The average molecular weight is 303 g/mol. The quantitative estimate of drug-likeness (QED) is 0.317. The highest BCUT2D eigenvalue weighted by molar-refractivity contribution is 6.72. The van der Waals surface area contributed by atoms with Crippen LogP contribution in [0.3, 0.4) is 0 Å². The van der Waals surface area contributed by atoms with Crippen molar-refractivity contribution in [1.82, 2.24) is 0 Å². The SMILES string of the molecule is CC(C)(C[C@@H]1CCOC(O)[C@H](N=[N+]=[N-])C1O)[Si](C)(C)O. The summed E-state index contributed by atoms with van der Waals surface area (Å²) >= 11 is 0. The topological polar surface area (TPSA) is 119 Å². The van der Waals surface area contributed by atoms with Crippen molar-refractivity contribution in [3.63, 3.8) is 0 Å². The highest BCUT2D eigenvalue weighted by atomic mass is 28.4. The van der Waals surface area contributed by atoms with Gasteiger partial charge in [-0.25, -0.2) is 0 Å². The summed E-state index contributed by atoms with van der Waals surface area (Å²) in [6.45, 7) is 8.00. The molecule has 1 saturated heterocycles. The Kier molecular flexibility index (Phi) is 5.59. The second-order valence-electron chi connectivity index (χ2n) is 6.64. The Labute approximate surface area is 120 Å². The molecule has 0 aromatic heterocycles. The van der Waals surface area contributed by atoms with Gasteiger partial charge in [0.1, 0.15) is 6.04 Å². The molecule has 0 aromatic carbocycles. The Morgan fingerprint density at radius 3 is 2.50 bits per heavy atom. The predicted molar refractivity (Wildman–Crippen MR) is 77.4 cm³/mol. The number of aliphatic hydroxyl groups is 2. The summed E-state index contributed by atoms with van der Waals surface area (Å²) in [5.41, 5.74) is 8.54. The van der Waals surface area contributed by atoms with Crippen molar-refractivity contribution in [3.8, 4) is 0 Å². The summed E-state index contributed by atoms with van der Waals surface area (Å²) in [6.07, 6.45) is -1.10. The molecular weight excluding hydrogens is 278 g/mol. The molecule has 0 saturated carbocycles. The normalized spacial score (nSPS) is 32.4. The third-order valence-corrected chi connectivity index (χ3v) is 8.03. The molecule has 1 aliphatic rings. The van der Waals surface area contributed by atoms with Gasteiger partial charge in [0.25, 0.3) is 0 Å². The van der Waals surface area contributed by atoms with Gasteiger partial charge in [-0.3, -0.25) is 0 Å². The van der Waals surface area contributed by atoms with Gasteiger partial charge in [0.2, 0.25) is 0 Å². The molecule has 0 amide bonds. The Morgan fingerprint density at radius 1 is 1.40 bits per heavy atom. The Bertz CT molecular complexity index is 379. The molecule has 0 radical (unpaired) electrons. The maximum absolute atomic E-state index is 10.4. The van der Waals surface area contributed by atoms with E-state index in [1.807, 2.05) is 26.9 Å². The molecule has 1 fully saturated rings. The average Bonchev–Trinajstić information content (AvgIpc) is 2.42. The van der Waals surface area contributed by atoms with Gasteiger partial charge >= 0.3 is 0 Å². The van der Waals surface area contributed by atoms with Crippen molar-refractivity contribution in [1.29, 1.82) is 0 Å². The lowest BCUT2D eigenvalue weighted by Gasteiger charge is -2.39. The van der Waals surface area contributed by atoms with E-state index in [9.17, 15) is 15.0 Å². The highest BCUT2D eigenvalue weighted by Crippen LogP contribution is 2.44. The van der Waals surface area contributed by atoms with E-state index >= 15 is 0 Å². The largest absolute Gasteiger partial charge is 0.432 e. The van der Waals surface area contributed by atoms with Crippen molar-refractivity contribution in [3.05, 3.63) is 10.4 Å². The van der Waals surface area contributed by atoms with E-state index in [2.05, 4.69) is 10.0 Å². The predicted octanol–water partition coefficient (Wildman–Crippen LogP) is 1.75. The lowest BCUT2D eigenvalue weighted by Crippen LogP contribution is -2.44. The van der Waals surface area contributed by atoms with Gasteiger partial charge in [0.05, 0.1) is 12.7 Å². The molecule has 1 rings (SSSR count). The van der Waals surface area contributed by atoms with Gasteiger partial charge in [-0.1, -0.05) is 19.0 Å². The molecule has 116 valence electrons. The summed E-state index contributed by atoms with van der Waals surface area (Å²) in [5.74, 6) is -0.184. The number of hydrogen-bond donors (Lipinski definition) is 3. The molecular formula is C12H25N3O4Si. The van der Waals surface area contributed by atoms with Crippen LogP contribution in [-0.4, -0.2) is 48.4 Å². The minimum Gasteiger partial charge on any atom is -0.432 e. The van der Waals surface area contributed by atoms with Crippen LogP contribution in [0.4, 0.5) is 0 Å². The van der Waals surface area contributed by atoms with Gasteiger partial charge in [-0.15, -0.1) is 0 Å². The van der Waals surface area contributed by atoms with Gasteiger partial charge in [0.15, 0.2) is 14.6 Å². The lowest BCUT2D eigenvalue weighted by atomic mass is 9.86. The number of azide groups is 1. The van der Waals surface area contributed by atoms with Crippen LogP contribution in [-0.2, 0) is 4.74 Å². The standard InChI is InChI=1S/C12H25N3O4Si/c1-12(2,20(3,4)18)7-8-5-6-19-11(17)9(10(8)16)14-15-13/h8-11,16-18H,5-7H2,1-4H3/t8-,9+,10?,11?/m0/s1. The Balaban J connectivity index is 2.91. The van der Waals surface area contributed by atoms with E-state index in [-0.39, 0.29) is 11.0 Å². The molecule has 0 spiro atoms. The van der Waals surface area contributed by atoms with Crippen LogP contribution in [0.25, 0.3) is 10.4 Å². The third kappa shape index (κ3) is 3.94. The Hall–Kier alpha value is -0.633. The molecule has 3 N–H and O–H groups in total. The minimum absolute atomic E-state index is 0.184. The lowest BCUT2D eigenvalue weighted by molar-refractivity contribution is -0.119. The van der Waals surface area contributed by atoms with Gasteiger partial charge < -0.3 is 19.7 Å². The van der Waals surface area contributed by atoms with Crippen LogP contribution in [0.15, 0.2) is 5.11 Å². The van der Waals surface area contributed by atoms with Crippen LogP contribution in [0, 0.1) is 5.92 Å². The third-order valence-electron chi connectivity index (χ3n) is 4.52. The zero-order valence-corrected chi connectivity index (χ0v) is 13.5. The first-order chi connectivity index (χ1) is 9.10. The van der Waals surface area contributed by atoms with Gasteiger partial charge in [0, 0.05) is 4.91 Å². The number of hydrogen-bond acceptors (Lipinski definition) is 5. The summed E-state index contributed by atoms with van der Waals surface area (Å²) in [5, 5.41) is 23.3. The Morgan fingerprint density at radius 2 is 2.00 bits per heavy atom. The molecule has 1 heterocycles. The first kappa shape index (κ1) is 17.4. The second kappa shape index (κ2) is 6.42. The minimum atomic E-state index is -2.39. The van der Waals surface area contributed by atoms with Crippen molar-refractivity contribution in [2.75, 3.05) is 6.61 Å². The molecule has 7 nitrogen and oxygen atoms in total. The zero-order valence-electron chi connectivity index (χ0n) is 12.5. The van der Waals surface area contributed by atoms with E-state index in [1.165, 1.54) is 0 Å². The van der Waals surface area contributed by atoms with E-state index < -0.39 is 26.8 Å². The fourth-order valence-electron chi connectivity index (χ4n) is 2.37. The first-order valence-corrected chi connectivity index (χ1v) is 9.79. The molecule has 20 heavy (non-hydrogen) atoms. The molecule has 0 bridgehead atoms. The van der Waals surface area contributed by atoms with Crippen LogP contribution >= 0.6 is 0 Å². The fourth-order valence-corrected chi connectivity index (χ4v) is 3.13. The summed E-state index contributed by atoms with van der Waals surface area (Å²) in [6, 6.07) is -1.01. The van der Waals surface area contributed by atoms with Crippen molar-refractivity contribution >= 4 is 8.32 Å². The van der Waals surface area contributed by atoms with Crippen LogP contribution < -0.4 is 0 Å². The van der Waals surface area contributed by atoms with Crippen LogP contribution in [0.2, 0.25) is 18.1 Å². The summed E-state index contributed by atoms with van der Waals surface area (Å²) in [7, 11) is -2.39. The highest BCUT2D eigenvalue weighted by Gasteiger charge is 2.44. The van der Waals surface area contributed by atoms with Gasteiger partial charge in [-0.05, 0) is 42.4 Å². The van der Waals surface area contributed by atoms with Crippen molar-refractivity contribution in [2.24, 2.45) is 11.0 Å². The maximum Gasteiger partial charge on any atom is 0.188 e. The van der Waals surface area contributed by atoms with Crippen molar-refractivity contribution < 1.29 is 19.7 Å². The monoisotopic (exact) mass is 303 g/mol. The second-order valence-corrected chi connectivity index (χ2v) is 11.1. The van der Waals surface area contributed by atoms with Gasteiger partial charge in [-0.2, -0.15) is 0 Å². The molecule has 0 aliphatic carbocycles. The van der Waals surface area contributed by atoms with Crippen molar-refractivity contribution in [2.45, 2.75) is 63.3 Å². The molecule has 4 atom stereocenters. The number of aliphatic hydroxyl groups excluding tert-OH is 2. The summed E-state index contributed by atoms with van der Waals surface area (Å²) < 4.78 is 5.15. The molecule has 2 unspecified atom stereocenters. The molecule has 8 heteroatoms. The number of rotatable bonds is 4. The molecule has 1 aliphatic heterocycles. The number of nitrogens with zero attached hydrogens (tertiary/aromatic N) is 3. The van der Waals surface area contributed by atoms with E-state index in [4.69, 9.17) is 10.3 Å². The van der Waals surface area contributed by atoms with E-state index in [1.54, 1.807) is 0 Å². The first-order valence-electron chi connectivity index (χ1n) is 6.84. The van der Waals surface area contributed by atoms with E-state index in [0.29, 0.717) is 19.4 Å². The maximum atomic E-state index is 10.4. The van der Waals surface area contributed by atoms with Crippen LogP contribution in [0.1, 0.15) is 26.7 Å². The zero-order chi connectivity index (χ0) is 15.6. The summed E-state index contributed by atoms with van der Waals surface area (Å²) in [4.78, 5) is 13.0. The van der Waals surface area contributed by atoms with E-state index in [0.717, 1.165) is 0 Å². The smallest absolute Gasteiger partial charge is 0.188 e.